The summed E-state index contributed by atoms with van der Waals surface area (Å²) < 4.78 is 4.42. The average molecular weight is 184 g/mol. The Hall–Kier alpha value is -1.12. The molecule has 0 atom stereocenters. The van der Waals surface area contributed by atoms with Gasteiger partial charge in [0.05, 0.1) is 7.11 Å². The van der Waals surface area contributed by atoms with Crippen LogP contribution in [0.5, 0.6) is 0 Å². The molecule has 0 radical (unpaired) electrons. The first-order chi connectivity index (χ1) is 6.31. The third-order valence-corrected chi connectivity index (χ3v) is 1.52. The zero-order chi connectivity index (χ0) is 9.94. The highest BCUT2D eigenvalue weighted by molar-refractivity contribution is 6.20. The van der Waals surface area contributed by atoms with Crippen LogP contribution in [0.1, 0.15) is 26.2 Å². The number of nitrogens with one attached hydrogen (secondary N) is 1. The molecule has 0 aliphatic heterocycles. The van der Waals surface area contributed by atoms with Crippen LogP contribution in [0.2, 0.25) is 0 Å². The molecular formula is C10H18NO2+. The normalized spacial score (nSPS) is 11.2. The van der Waals surface area contributed by atoms with E-state index in [1.165, 1.54) is 13.3 Å². The Balaban J connectivity index is 3.30. The van der Waals surface area contributed by atoms with Gasteiger partial charge in [-0.3, -0.25) is 0 Å². The lowest BCUT2D eigenvalue weighted by Gasteiger charge is -1.87. The van der Waals surface area contributed by atoms with E-state index in [1.807, 2.05) is 0 Å². The molecule has 0 spiro atoms. The molecule has 0 aliphatic carbocycles. The van der Waals surface area contributed by atoms with Crippen LogP contribution in [-0.2, 0) is 9.53 Å². The van der Waals surface area contributed by atoms with Gasteiger partial charge in [0.1, 0.15) is 6.54 Å². The smallest absolute Gasteiger partial charge is 0.394 e. The largest absolute Gasteiger partial charge is 0.462 e. The van der Waals surface area contributed by atoms with E-state index in [0.717, 1.165) is 25.8 Å². The second-order valence-electron chi connectivity index (χ2n) is 2.64. The van der Waals surface area contributed by atoms with Crippen molar-refractivity contribution in [3.63, 3.8) is 0 Å². The Kier molecular flexibility index (Phi) is 8.20. The van der Waals surface area contributed by atoms with Crippen LogP contribution in [0.25, 0.3) is 0 Å². The van der Waals surface area contributed by atoms with Crippen molar-refractivity contribution in [3.8, 4) is 0 Å². The number of esters is 1. The van der Waals surface area contributed by atoms with Crippen molar-refractivity contribution < 1.29 is 14.5 Å². The van der Waals surface area contributed by atoms with Gasteiger partial charge >= 0.3 is 5.97 Å². The molecule has 0 fully saturated rings. The first-order valence-corrected chi connectivity index (χ1v) is 4.60. The number of ether oxygens (including phenoxy) is 1. The van der Waals surface area contributed by atoms with Gasteiger partial charge in [-0.25, -0.2) is 9.79 Å². The summed E-state index contributed by atoms with van der Waals surface area (Å²) in [5.41, 5.74) is 0. The van der Waals surface area contributed by atoms with Gasteiger partial charge in [0.25, 0.3) is 0 Å². The minimum atomic E-state index is -0.330. The molecule has 3 nitrogen and oxygen atoms in total. The monoisotopic (exact) mass is 184 g/mol. The molecule has 0 aromatic heterocycles. The summed E-state index contributed by atoms with van der Waals surface area (Å²) in [6, 6.07) is 0. The van der Waals surface area contributed by atoms with Crippen molar-refractivity contribution in [1.82, 2.24) is 0 Å². The SMILES string of the molecule is CC/C=C\CCC[NH+]=CC(=O)OC. The average Bonchev–Trinajstić information content (AvgIpc) is 2.16. The standard InChI is InChI=1S/C10H17NO2/c1-3-4-5-6-7-8-11-9-10(12)13-2/h4-5,9H,3,6-8H2,1-2H3/p+1/b5-4-,11-9?. The van der Waals surface area contributed by atoms with Gasteiger partial charge in [-0.2, -0.15) is 0 Å². The number of allylic oxidation sites excluding steroid dienone is 2. The van der Waals surface area contributed by atoms with Gasteiger partial charge in [-0.1, -0.05) is 19.1 Å². The quantitative estimate of drug-likeness (QED) is 0.274. The van der Waals surface area contributed by atoms with Gasteiger partial charge in [0.15, 0.2) is 0 Å². The van der Waals surface area contributed by atoms with E-state index < -0.39 is 0 Å². The summed E-state index contributed by atoms with van der Waals surface area (Å²) in [5.74, 6) is -0.330. The minimum absolute atomic E-state index is 0.330. The number of carbonyl (C=O) groups is 1. The summed E-state index contributed by atoms with van der Waals surface area (Å²) in [5, 5.41) is 0. The van der Waals surface area contributed by atoms with Gasteiger partial charge in [0.2, 0.25) is 6.21 Å². The molecule has 0 bridgehead atoms. The van der Waals surface area contributed by atoms with Crippen molar-refractivity contribution in [3.05, 3.63) is 12.2 Å². The zero-order valence-electron chi connectivity index (χ0n) is 8.38. The van der Waals surface area contributed by atoms with Crippen LogP contribution >= 0.6 is 0 Å². The summed E-state index contributed by atoms with van der Waals surface area (Å²) >= 11 is 0. The van der Waals surface area contributed by atoms with E-state index in [1.54, 1.807) is 0 Å². The Morgan fingerprint density at radius 2 is 2.23 bits per heavy atom. The summed E-state index contributed by atoms with van der Waals surface area (Å²) in [7, 11) is 1.37. The van der Waals surface area contributed by atoms with E-state index in [2.05, 4.69) is 28.8 Å². The predicted octanol–water partition coefficient (Wildman–Crippen LogP) is 0.0572. The van der Waals surface area contributed by atoms with Crippen LogP contribution in [-0.4, -0.2) is 25.8 Å². The molecule has 0 rings (SSSR count). The molecule has 3 heteroatoms. The first-order valence-electron chi connectivity index (χ1n) is 4.60. The number of carbonyl (C=O) groups excluding carboxylic acids is 1. The van der Waals surface area contributed by atoms with E-state index in [9.17, 15) is 4.79 Å². The summed E-state index contributed by atoms with van der Waals surface area (Å²) in [6.07, 6.45) is 8.81. The highest BCUT2D eigenvalue weighted by Crippen LogP contribution is 1.88. The fourth-order valence-electron chi connectivity index (χ4n) is 0.821. The molecule has 13 heavy (non-hydrogen) atoms. The van der Waals surface area contributed by atoms with Crippen LogP contribution in [0.15, 0.2) is 12.2 Å². The first kappa shape index (κ1) is 11.9. The van der Waals surface area contributed by atoms with Crippen LogP contribution < -0.4 is 4.99 Å². The third kappa shape index (κ3) is 8.79. The lowest BCUT2D eigenvalue weighted by molar-refractivity contribution is -0.451. The van der Waals surface area contributed by atoms with Gasteiger partial charge in [-0.05, 0) is 12.8 Å². The lowest BCUT2D eigenvalue weighted by Crippen LogP contribution is -2.70. The Morgan fingerprint density at radius 1 is 1.46 bits per heavy atom. The molecule has 0 saturated heterocycles. The number of methoxy groups -OCH3 is 1. The maximum absolute atomic E-state index is 10.6. The molecule has 0 amide bonds. The van der Waals surface area contributed by atoms with Crippen molar-refractivity contribution >= 4 is 12.2 Å². The predicted molar refractivity (Wildman–Crippen MR) is 52.6 cm³/mol. The molecule has 74 valence electrons. The van der Waals surface area contributed by atoms with E-state index in [-0.39, 0.29) is 5.97 Å². The number of hydrogen-bond acceptors (Lipinski definition) is 2. The number of hydrogen-bond donors (Lipinski definition) is 1. The van der Waals surface area contributed by atoms with Gasteiger partial charge in [0, 0.05) is 6.42 Å². The molecule has 0 aromatic carbocycles. The molecular weight excluding hydrogens is 166 g/mol. The fourth-order valence-corrected chi connectivity index (χ4v) is 0.821. The zero-order valence-corrected chi connectivity index (χ0v) is 8.38. The van der Waals surface area contributed by atoms with Crippen molar-refractivity contribution in [1.29, 1.82) is 0 Å². The van der Waals surface area contributed by atoms with Crippen molar-refractivity contribution in [2.45, 2.75) is 26.2 Å². The van der Waals surface area contributed by atoms with Crippen molar-refractivity contribution in [2.24, 2.45) is 0 Å². The molecule has 0 saturated carbocycles. The van der Waals surface area contributed by atoms with Crippen LogP contribution in [0.3, 0.4) is 0 Å². The second-order valence-corrected chi connectivity index (χ2v) is 2.64. The molecule has 0 unspecified atom stereocenters. The highest BCUT2D eigenvalue weighted by atomic mass is 16.5. The van der Waals surface area contributed by atoms with E-state index in [4.69, 9.17) is 0 Å². The van der Waals surface area contributed by atoms with Gasteiger partial charge < -0.3 is 4.74 Å². The second kappa shape index (κ2) is 8.97. The fraction of sp³-hybridized carbons (Fsp3) is 0.600. The van der Waals surface area contributed by atoms with Crippen LogP contribution in [0, 0.1) is 0 Å². The molecule has 0 aromatic rings. The van der Waals surface area contributed by atoms with Crippen molar-refractivity contribution in [2.75, 3.05) is 13.7 Å². The number of rotatable bonds is 6. The molecule has 0 heterocycles. The molecule has 0 aliphatic rings. The van der Waals surface area contributed by atoms with Gasteiger partial charge in [-0.15, -0.1) is 0 Å². The minimum Gasteiger partial charge on any atom is -0.462 e. The van der Waals surface area contributed by atoms with Crippen LogP contribution in [0.4, 0.5) is 0 Å². The van der Waals surface area contributed by atoms with E-state index in [0.29, 0.717) is 0 Å². The van der Waals surface area contributed by atoms with E-state index >= 15 is 0 Å². The number of unbranched alkanes of at least 4 members (excludes halogenated alkanes) is 1. The maximum atomic E-state index is 10.6. The molecule has 1 N–H and O–H groups in total. The Bertz CT molecular complexity index is 185. The lowest BCUT2D eigenvalue weighted by atomic mass is 10.3. The maximum Gasteiger partial charge on any atom is 0.394 e. The Morgan fingerprint density at radius 3 is 2.85 bits per heavy atom. The Labute approximate surface area is 79.5 Å². The third-order valence-electron chi connectivity index (χ3n) is 1.52. The topological polar surface area (TPSA) is 40.3 Å². The summed E-state index contributed by atoms with van der Waals surface area (Å²) in [4.78, 5) is 13.5. The highest BCUT2D eigenvalue weighted by Gasteiger charge is 1.95. The summed E-state index contributed by atoms with van der Waals surface area (Å²) in [6.45, 7) is 2.92.